The zero-order valence-electron chi connectivity index (χ0n) is 14.3. The van der Waals surface area contributed by atoms with Gasteiger partial charge in [-0.15, -0.1) is 0 Å². The maximum Gasteiger partial charge on any atom is 0.244 e. The van der Waals surface area contributed by atoms with Crippen LogP contribution in [0.5, 0.6) is 0 Å². The van der Waals surface area contributed by atoms with Crippen molar-refractivity contribution in [1.29, 1.82) is 0 Å². The molecule has 3 unspecified atom stereocenters. The van der Waals surface area contributed by atoms with Crippen LogP contribution in [0, 0.1) is 11.3 Å². The van der Waals surface area contributed by atoms with Gasteiger partial charge in [0.1, 0.15) is 5.54 Å². The summed E-state index contributed by atoms with van der Waals surface area (Å²) in [6.45, 7) is 8.02. The molecule has 1 aliphatic carbocycles. The average Bonchev–Trinajstić information content (AvgIpc) is 2.59. The second-order valence-corrected chi connectivity index (χ2v) is 7.27. The number of ether oxygens (including phenoxy) is 1. The third-order valence-corrected chi connectivity index (χ3v) is 5.79. The van der Waals surface area contributed by atoms with E-state index in [-0.39, 0.29) is 23.3 Å². The fourth-order valence-corrected chi connectivity index (χ4v) is 4.29. The summed E-state index contributed by atoms with van der Waals surface area (Å²) in [5.41, 5.74) is 6.42. The zero-order valence-corrected chi connectivity index (χ0v) is 14.3. The maximum absolute atomic E-state index is 13.3. The van der Waals surface area contributed by atoms with E-state index < -0.39 is 5.54 Å². The number of fused-ring (bicyclic) bond motifs is 1. The number of amides is 1. The molecule has 0 aromatic carbocycles. The highest BCUT2D eigenvalue weighted by molar-refractivity contribution is 5.89. The number of hydrogen-bond acceptors (Lipinski definition) is 4. The highest BCUT2D eigenvalue weighted by atomic mass is 16.5. The number of rotatable bonds is 4. The van der Waals surface area contributed by atoms with Gasteiger partial charge in [-0.1, -0.05) is 19.9 Å². The molecule has 1 amide bonds. The van der Waals surface area contributed by atoms with Crippen LogP contribution in [0.15, 0.2) is 24.4 Å². The Bertz CT molecular complexity index is 575. The first-order chi connectivity index (χ1) is 10.9. The van der Waals surface area contributed by atoms with Crippen molar-refractivity contribution in [2.75, 3.05) is 13.2 Å². The van der Waals surface area contributed by atoms with Gasteiger partial charge in [0.25, 0.3) is 0 Å². The summed E-state index contributed by atoms with van der Waals surface area (Å²) in [6.07, 6.45) is 3.80. The molecule has 0 bridgehead atoms. The average molecular weight is 317 g/mol. The highest BCUT2D eigenvalue weighted by Gasteiger charge is 2.70. The Morgan fingerprint density at radius 3 is 2.91 bits per heavy atom. The van der Waals surface area contributed by atoms with Crippen LogP contribution in [-0.2, 0) is 16.1 Å². The van der Waals surface area contributed by atoms with Crippen LogP contribution >= 0.6 is 0 Å². The highest BCUT2D eigenvalue weighted by Crippen LogP contribution is 2.58. The molecule has 0 radical (unpaired) electrons. The van der Waals surface area contributed by atoms with Crippen LogP contribution in [0.3, 0.4) is 0 Å². The number of nitrogens with two attached hydrogens (primary N) is 1. The molecule has 1 aromatic rings. The molecule has 126 valence electrons. The van der Waals surface area contributed by atoms with Crippen LogP contribution in [0.1, 0.15) is 39.3 Å². The lowest BCUT2D eigenvalue weighted by Crippen LogP contribution is -2.82. The first-order valence-corrected chi connectivity index (χ1v) is 8.52. The van der Waals surface area contributed by atoms with Crippen LogP contribution in [-0.4, -0.2) is 40.6 Å². The van der Waals surface area contributed by atoms with E-state index in [1.165, 1.54) is 0 Å². The third kappa shape index (κ3) is 2.37. The molecule has 1 aliphatic heterocycles. The minimum absolute atomic E-state index is 0.0300. The van der Waals surface area contributed by atoms with Crippen molar-refractivity contribution in [1.82, 2.24) is 9.88 Å². The number of aromatic nitrogens is 1. The quantitative estimate of drug-likeness (QED) is 0.922. The van der Waals surface area contributed by atoms with Gasteiger partial charge in [-0.25, -0.2) is 0 Å². The first kappa shape index (κ1) is 16.4. The van der Waals surface area contributed by atoms with E-state index in [2.05, 4.69) is 18.8 Å². The van der Waals surface area contributed by atoms with E-state index >= 15 is 0 Å². The van der Waals surface area contributed by atoms with Crippen molar-refractivity contribution in [3.63, 3.8) is 0 Å². The zero-order chi connectivity index (χ0) is 16.7. The molecular formula is C18H27N3O2. The second kappa shape index (κ2) is 5.87. The van der Waals surface area contributed by atoms with Crippen molar-refractivity contribution < 1.29 is 9.53 Å². The number of carbonyl (C=O) groups excluding carboxylic acids is 1. The molecule has 2 fully saturated rings. The van der Waals surface area contributed by atoms with Crippen molar-refractivity contribution in [3.05, 3.63) is 30.1 Å². The number of likely N-dealkylation sites (N-methyl/N-ethyl adjacent to an activating group) is 1. The van der Waals surface area contributed by atoms with Gasteiger partial charge >= 0.3 is 0 Å². The smallest absolute Gasteiger partial charge is 0.244 e. The predicted octanol–water partition coefficient (Wildman–Crippen LogP) is 1.96. The Morgan fingerprint density at radius 2 is 2.26 bits per heavy atom. The van der Waals surface area contributed by atoms with E-state index in [1.807, 2.05) is 30.0 Å². The second-order valence-electron chi connectivity index (χ2n) is 7.27. The van der Waals surface area contributed by atoms with E-state index in [9.17, 15) is 4.79 Å². The van der Waals surface area contributed by atoms with Crippen molar-refractivity contribution in [3.8, 4) is 0 Å². The van der Waals surface area contributed by atoms with Gasteiger partial charge in [-0.3, -0.25) is 9.78 Å². The van der Waals surface area contributed by atoms with E-state index in [0.717, 1.165) is 25.1 Å². The lowest BCUT2D eigenvalue weighted by molar-refractivity contribution is -0.230. The van der Waals surface area contributed by atoms with Crippen LogP contribution < -0.4 is 5.73 Å². The Labute approximate surface area is 138 Å². The van der Waals surface area contributed by atoms with Crippen LogP contribution in [0.25, 0.3) is 0 Å². The molecule has 2 heterocycles. The van der Waals surface area contributed by atoms with Gasteiger partial charge in [-0.05, 0) is 31.9 Å². The molecule has 23 heavy (non-hydrogen) atoms. The maximum atomic E-state index is 13.3. The Kier molecular flexibility index (Phi) is 4.19. The van der Waals surface area contributed by atoms with Gasteiger partial charge in [0.05, 0.1) is 18.3 Å². The fourth-order valence-electron chi connectivity index (χ4n) is 4.29. The van der Waals surface area contributed by atoms with Gasteiger partial charge in [-0.2, -0.15) is 0 Å². The molecule has 1 aromatic heterocycles. The summed E-state index contributed by atoms with van der Waals surface area (Å²) in [5.74, 6) is 0.152. The molecule has 5 nitrogen and oxygen atoms in total. The molecule has 3 atom stereocenters. The summed E-state index contributed by atoms with van der Waals surface area (Å²) in [5, 5.41) is 0. The van der Waals surface area contributed by atoms with E-state index in [4.69, 9.17) is 10.5 Å². The van der Waals surface area contributed by atoms with Gasteiger partial charge in [0.15, 0.2) is 0 Å². The van der Waals surface area contributed by atoms with Crippen LogP contribution in [0.4, 0.5) is 0 Å². The summed E-state index contributed by atoms with van der Waals surface area (Å²) in [7, 11) is 0. The van der Waals surface area contributed by atoms with Crippen molar-refractivity contribution in [2.24, 2.45) is 17.1 Å². The Balaban J connectivity index is 1.82. The topological polar surface area (TPSA) is 68.5 Å². The van der Waals surface area contributed by atoms with Gasteiger partial charge in [0.2, 0.25) is 5.91 Å². The molecule has 1 saturated heterocycles. The standard InChI is InChI=1S/C18H27N3O2/c1-4-21(12-13-8-5-6-10-20-13)16(22)18(19)14-9-7-11-23-15(14)17(18,2)3/h5-6,8,10,14-15H,4,7,9,11-12,19H2,1-3H3. The summed E-state index contributed by atoms with van der Waals surface area (Å²) in [6, 6.07) is 5.76. The Hall–Kier alpha value is -1.46. The van der Waals surface area contributed by atoms with Crippen molar-refractivity contribution in [2.45, 2.75) is 51.8 Å². The van der Waals surface area contributed by atoms with Gasteiger partial charge in [0, 0.05) is 30.7 Å². The number of carbonyl (C=O) groups is 1. The normalized spacial score (nSPS) is 31.8. The summed E-state index contributed by atoms with van der Waals surface area (Å²) in [4.78, 5) is 19.4. The first-order valence-electron chi connectivity index (χ1n) is 8.52. The Morgan fingerprint density at radius 1 is 1.48 bits per heavy atom. The molecule has 5 heteroatoms. The van der Waals surface area contributed by atoms with E-state index in [1.54, 1.807) is 6.20 Å². The van der Waals surface area contributed by atoms with Crippen LogP contribution in [0.2, 0.25) is 0 Å². The molecule has 2 aliphatic rings. The van der Waals surface area contributed by atoms with Gasteiger partial charge < -0.3 is 15.4 Å². The number of hydrogen-bond donors (Lipinski definition) is 1. The molecule has 0 spiro atoms. The summed E-state index contributed by atoms with van der Waals surface area (Å²) < 4.78 is 5.91. The third-order valence-electron chi connectivity index (χ3n) is 5.79. The molecular weight excluding hydrogens is 290 g/mol. The summed E-state index contributed by atoms with van der Waals surface area (Å²) >= 11 is 0. The SMILES string of the molecule is CCN(Cc1ccccn1)C(=O)C1(N)C2CCCOC2C1(C)C. The fraction of sp³-hybridized carbons (Fsp3) is 0.667. The predicted molar refractivity (Wildman–Crippen MR) is 88.5 cm³/mol. The number of pyridine rings is 1. The lowest BCUT2D eigenvalue weighted by Gasteiger charge is -2.65. The largest absolute Gasteiger partial charge is 0.377 e. The van der Waals surface area contributed by atoms with E-state index in [0.29, 0.717) is 13.1 Å². The lowest BCUT2D eigenvalue weighted by atomic mass is 9.46. The minimum Gasteiger partial charge on any atom is -0.377 e. The van der Waals surface area contributed by atoms with Crippen molar-refractivity contribution >= 4 is 5.91 Å². The molecule has 1 saturated carbocycles. The number of nitrogens with zero attached hydrogens (tertiary/aromatic N) is 2. The molecule has 2 N–H and O–H groups in total. The monoisotopic (exact) mass is 317 g/mol. The minimum atomic E-state index is -0.844. The molecule has 3 rings (SSSR count).